The van der Waals surface area contributed by atoms with E-state index in [4.69, 9.17) is 19.3 Å². The van der Waals surface area contributed by atoms with Crippen LogP contribution in [0.1, 0.15) is 13.8 Å². The molecule has 92 valence electrons. The van der Waals surface area contributed by atoms with Crippen molar-refractivity contribution in [2.45, 2.75) is 38.4 Å². The van der Waals surface area contributed by atoms with Gasteiger partial charge < -0.3 is 24.4 Å². The summed E-state index contributed by atoms with van der Waals surface area (Å²) in [5.74, 6) is -1.27. The average Bonchev–Trinajstić information content (AvgIpc) is 2.44. The average molecular weight is 234 g/mol. The van der Waals surface area contributed by atoms with Gasteiger partial charge in [0, 0.05) is 13.8 Å². The number of rotatable bonds is 3. The van der Waals surface area contributed by atoms with Crippen molar-refractivity contribution in [1.29, 1.82) is 0 Å². The molecule has 0 aliphatic carbocycles. The fourth-order valence-corrected chi connectivity index (χ4v) is 1.43. The Kier molecular flexibility index (Phi) is 4.22. The summed E-state index contributed by atoms with van der Waals surface area (Å²) in [7, 11) is 0. The van der Waals surface area contributed by atoms with Crippen LogP contribution in [0.25, 0.3) is 0 Å². The normalized spacial score (nSPS) is 33.5. The maximum atomic E-state index is 10.8. The molecular weight excluding hydrogens is 220 g/mol. The minimum atomic E-state index is -1.22. The Morgan fingerprint density at radius 1 is 1.25 bits per heavy atom. The van der Waals surface area contributed by atoms with E-state index in [1.165, 1.54) is 0 Å². The zero-order chi connectivity index (χ0) is 12.3. The monoisotopic (exact) mass is 234 g/mol. The minimum Gasteiger partial charge on any atom is -0.453 e. The third-order valence-electron chi connectivity index (χ3n) is 2.06. The Labute approximate surface area is 91.9 Å². The molecule has 16 heavy (non-hydrogen) atoms. The van der Waals surface area contributed by atoms with Gasteiger partial charge in [-0.3, -0.25) is 9.59 Å². The molecule has 1 fully saturated rings. The van der Waals surface area contributed by atoms with Crippen molar-refractivity contribution in [3.63, 3.8) is 0 Å². The van der Waals surface area contributed by atoms with Crippen molar-refractivity contribution in [3.8, 4) is 0 Å². The summed E-state index contributed by atoms with van der Waals surface area (Å²) in [4.78, 5) is 21.5. The van der Waals surface area contributed by atoms with Crippen LogP contribution in [0.4, 0.5) is 0 Å². The van der Waals surface area contributed by atoms with E-state index in [-0.39, 0.29) is 0 Å². The van der Waals surface area contributed by atoms with E-state index in [0.717, 1.165) is 13.8 Å². The van der Waals surface area contributed by atoms with Crippen LogP contribution in [-0.4, -0.2) is 53.4 Å². The van der Waals surface area contributed by atoms with Crippen LogP contribution < -0.4 is 0 Å². The highest BCUT2D eigenvalue weighted by Gasteiger charge is 2.47. The van der Waals surface area contributed by atoms with Gasteiger partial charge in [-0.15, -0.1) is 0 Å². The van der Waals surface area contributed by atoms with E-state index in [1.54, 1.807) is 0 Å². The standard InChI is InChI=1S/C9H14O7/c1-4(11)14-8-7(13)6(3-10)16-9(8)15-5(2)12/h6-10,13H,3H2,1-2H3/t6-,7+,8-,9?/m0/s1. The molecule has 2 N–H and O–H groups in total. The van der Waals surface area contributed by atoms with Gasteiger partial charge in [-0.2, -0.15) is 0 Å². The molecule has 0 aromatic heterocycles. The molecule has 1 unspecified atom stereocenters. The van der Waals surface area contributed by atoms with Gasteiger partial charge in [-0.25, -0.2) is 0 Å². The number of carbonyl (C=O) groups excluding carboxylic acids is 2. The van der Waals surface area contributed by atoms with E-state index >= 15 is 0 Å². The second kappa shape index (κ2) is 5.24. The molecule has 7 nitrogen and oxygen atoms in total. The lowest BCUT2D eigenvalue weighted by molar-refractivity contribution is -0.196. The molecule has 0 amide bonds. The number of aliphatic hydroxyl groups excluding tert-OH is 2. The summed E-state index contributed by atoms with van der Waals surface area (Å²) in [6.07, 6.45) is -4.46. The van der Waals surface area contributed by atoms with Crippen molar-refractivity contribution in [3.05, 3.63) is 0 Å². The highest BCUT2D eigenvalue weighted by molar-refractivity contribution is 5.67. The molecule has 0 aromatic carbocycles. The Morgan fingerprint density at radius 3 is 2.25 bits per heavy atom. The molecule has 0 aromatic rings. The first-order chi connectivity index (χ1) is 7.45. The fraction of sp³-hybridized carbons (Fsp3) is 0.778. The minimum absolute atomic E-state index is 0.462. The van der Waals surface area contributed by atoms with Crippen molar-refractivity contribution in [1.82, 2.24) is 0 Å². The highest BCUT2D eigenvalue weighted by atomic mass is 16.7. The van der Waals surface area contributed by atoms with E-state index in [1.807, 2.05) is 0 Å². The molecular formula is C9H14O7. The number of esters is 2. The zero-order valence-electron chi connectivity index (χ0n) is 8.95. The summed E-state index contributed by atoms with van der Waals surface area (Å²) in [5.41, 5.74) is 0. The molecule has 1 aliphatic rings. The van der Waals surface area contributed by atoms with Gasteiger partial charge in [0.1, 0.15) is 12.2 Å². The molecule has 1 saturated heterocycles. The van der Waals surface area contributed by atoms with E-state index in [0.29, 0.717) is 0 Å². The van der Waals surface area contributed by atoms with Gasteiger partial charge in [-0.05, 0) is 0 Å². The molecule has 0 saturated carbocycles. The predicted molar refractivity (Wildman–Crippen MR) is 49.1 cm³/mol. The first-order valence-electron chi connectivity index (χ1n) is 4.74. The maximum absolute atomic E-state index is 10.8. The van der Waals surface area contributed by atoms with Crippen LogP contribution in [0.3, 0.4) is 0 Å². The number of hydrogen-bond donors (Lipinski definition) is 2. The number of aliphatic hydroxyl groups is 2. The molecule has 0 spiro atoms. The second-order valence-electron chi connectivity index (χ2n) is 3.40. The van der Waals surface area contributed by atoms with Crippen molar-refractivity contribution >= 4 is 11.9 Å². The lowest BCUT2D eigenvalue weighted by Crippen LogP contribution is -2.38. The van der Waals surface area contributed by atoms with E-state index < -0.39 is 43.1 Å². The van der Waals surface area contributed by atoms with Gasteiger partial charge in [-0.1, -0.05) is 0 Å². The molecule has 4 atom stereocenters. The van der Waals surface area contributed by atoms with Crippen LogP contribution >= 0.6 is 0 Å². The van der Waals surface area contributed by atoms with Crippen LogP contribution in [-0.2, 0) is 23.8 Å². The molecule has 0 radical (unpaired) electrons. The van der Waals surface area contributed by atoms with Gasteiger partial charge in [0.2, 0.25) is 6.29 Å². The third-order valence-corrected chi connectivity index (χ3v) is 2.06. The van der Waals surface area contributed by atoms with Gasteiger partial charge in [0.15, 0.2) is 6.10 Å². The summed E-state index contributed by atoms with van der Waals surface area (Å²) in [5, 5.41) is 18.5. The summed E-state index contributed by atoms with van der Waals surface area (Å²) in [6, 6.07) is 0. The smallest absolute Gasteiger partial charge is 0.305 e. The highest BCUT2D eigenvalue weighted by Crippen LogP contribution is 2.25. The lowest BCUT2D eigenvalue weighted by Gasteiger charge is -2.19. The Bertz CT molecular complexity index is 277. The molecule has 0 bridgehead atoms. The van der Waals surface area contributed by atoms with Gasteiger partial charge in [0.05, 0.1) is 6.61 Å². The van der Waals surface area contributed by atoms with Crippen molar-refractivity contribution < 1.29 is 34.0 Å². The van der Waals surface area contributed by atoms with Gasteiger partial charge in [0.25, 0.3) is 0 Å². The van der Waals surface area contributed by atoms with Crippen LogP contribution in [0.2, 0.25) is 0 Å². The third kappa shape index (κ3) is 2.91. The maximum Gasteiger partial charge on any atom is 0.305 e. The Morgan fingerprint density at radius 2 is 1.81 bits per heavy atom. The van der Waals surface area contributed by atoms with E-state index in [2.05, 4.69) is 0 Å². The first kappa shape index (κ1) is 12.9. The predicted octanol–water partition coefficient (Wildman–Crippen LogP) is -1.44. The SMILES string of the molecule is CC(=O)OC1O[C@@H](CO)[C@@H](O)[C@@H]1OC(C)=O. The molecule has 1 heterocycles. The number of hydrogen-bond acceptors (Lipinski definition) is 7. The second-order valence-corrected chi connectivity index (χ2v) is 3.40. The van der Waals surface area contributed by atoms with Gasteiger partial charge >= 0.3 is 11.9 Å². The number of carbonyl (C=O) groups is 2. The molecule has 1 aliphatic heterocycles. The van der Waals surface area contributed by atoms with Crippen molar-refractivity contribution in [2.24, 2.45) is 0 Å². The number of ether oxygens (including phenoxy) is 3. The largest absolute Gasteiger partial charge is 0.453 e. The summed E-state index contributed by atoms with van der Waals surface area (Å²) < 4.78 is 14.5. The van der Waals surface area contributed by atoms with Crippen LogP contribution in [0.15, 0.2) is 0 Å². The first-order valence-corrected chi connectivity index (χ1v) is 4.74. The van der Waals surface area contributed by atoms with Crippen LogP contribution in [0.5, 0.6) is 0 Å². The lowest BCUT2D eigenvalue weighted by atomic mass is 10.1. The van der Waals surface area contributed by atoms with Crippen LogP contribution in [0, 0.1) is 0 Å². The zero-order valence-corrected chi connectivity index (χ0v) is 8.95. The summed E-state index contributed by atoms with van der Waals surface area (Å²) >= 11 is 0. The fourth-order valence-electron chi connectivity index (χ4n) is 1.43. The topological polar surface area (TPSA) is 102 Å². The van der Waals surface area contributed by atoms with E-state index in [9.17, 15) is 14.7 Å². The quantitative estimate of drug-likeness (QED) is 0.576. The van der Waals surface area contributed by atoms with Crippen molar-refractivity contribution in [2.75, 3.05) is 6.61 Å². The molecule has 1 rings (SSSR count). The Hall–Kier alpha value is -1.18. The Balaban J connectivity index is 2.72. The summed E-state index contributed by atoms with van der Waals surface area (Å²) in [6.45, 7) is 1.85. The molecule has 7 heteroatoms.